The first-order chi connectivity index (χ1) is 40.6. The van der Waals surface area contributed by atoms with Crippen molar-refractivity contribution < 1.29 is 42.9 Å². The van der Waals surface area contributed by atoms with Crippen LogP contribution >= 0.6 is 0 Å². The molecule has 0 aliphatic heterocycles. The highest BCUT2D eigenvalue weighted by molar-refractivity contribution is 5.70. The molecule has 0 aromatic carbocycles. The molecular weight excluding hydrogens is 1030 g/mol. The summed E-state index contributed by atoms with van der Waals surface area (Å²) in [7, 11) is 5.87. The van der Waals surface area contributed by atoms with E-state index in [9.17, 15) is 19.5 Å². The Morgan fingerprint density at radius 3 is 0.988 bits per heavy atom. The number of hydrogen-bond acceptors (Lipinski definition) is 8. The number of likely N-dealkylation sites (N-methyl/N-ethyl adjacent to an activating group) is 1. The molecule has 83 heavy (non-hydrogen) atoms. The maximum absolute atomic E-state index is 12.9. The molecule has 0 spiro atoms. The van der Waals surface area contributed by atoms with Crippen molar-refractivity contribution in [3.63, 3.8) is 0 Å². The standard InChI is InChI=1S/C74H111NO8/c1-6-8-10-12-14-16-18-20-22-24-26-28-30-32-34-36-38-40-42-44-46-48-50-52-54-56-58-60-62-64-71(76)81-68-70(69-82-74(73(78)79)80-67-66-75(3,4)5)83-72(77)65-63-61-59-57-55-53-51-49-47-45-43-41-39-37-35-33-31-29-27-25-23-21-19-17-15-13-11-9-7-2/h8-11,14-17,20-23,26-29,32-35,38-41,44-47,50-53,57,59,70,74H,6-7,12-13,18-19,24-25,30-31,36-37,42-43,48-49,54-56,58,60-69H2,1-5H3/b10-8-,11-9-,16-14-,17-15-,22-20-,23-21-,28-26-,29-27-,34-32-,35-33-,40-38-,41-39-,46-44-,47-45-,52-50-,53-51-,59-57-. The van der Waals surface area contributed by atoms with E-state index in [0.717, 1.165) is 135 Å². The van der Waals surface area contributed by atoms with E-state index in [1.54, 1.807) is 0 Å². The molecule has 2 unspecified atom stereocenters. The van der Waals surface area contributed by atoms with Crippen molar-refractivity contribution in [1.82, 2.24) is 0 Å². The van der Waals surface area contributed by atoms with E-state index in [1.807, 2.05) is 27.2 Å². The Morgan fingerprint density at radius 2 is 0.663 bits per heavy atom. The Hall–Kier alpha value is -6.13. The van der Waals surface area contributed by atoms with Crippen molar-refractivity contribution in [2.24, 2.45) is 0 Å². The third-order valence-corrected chi connectivity index (χ3v) is 12.0. The summed E-state index contributed by atoms with van der Waals surface area (Å²) in [6.45, 7) is 4.38. The minimum Gasteiger partial charge on any atom is -0.545 e. The number of quaternary nitrogens is 1. The van der Waals surface area contributed by atoms with Crippen molar-refractivity contribution in [1.29, 1.82) is 0 Å². The van der Waals surface area contributed by atoms with Crippen LogP contribution < -0.4 is 5.11 Å². The van der Waals surface area contributed by atoms with Gasteiger partial charge in [0.2, 0.25) is 0 Å². The number of rotatable bonds is 54. The molecular formula is C74H111NO8. The number of carbonyl (C=O) groups is 3. The van der Waals surface area contributed by atoms with Crippen LogP contribution in [0.4, 0.5) is 0 Å². The summed E-state index contributed by atoms with van der Waals surface area (Å²) in [5, 5.41) is 11.8. The predicted molar refractivity (Wildman–Crippen MR) is 351 cm³/mol. The van der Waals surface area contributed by atoms with Gasteiger partial charge in [-0.2, -0.15) is 0 Å². The fraction of sp³-hybridized carbons (Fsp3) is 0.500. The van der Waals surface area contributed by atoms with Gasteiger partial charge in [0.15, 0.2) is 12.4 Å². The first-order valence-corrected chi connectivity index (χ1v) is 31.2. The number of allylic oxidation sites excluding steroid dienone is 34. The van der Waals surface area contributed by atoms with Crippen molar-refractivity contribution in [2.45, 2.75) is 193 Å². The summed E-state index contributed by atoms with van der Waals surface area (Å²) < 4.78 is 22.6. The first-order valence-electron chi connectivity index (χ1n) is 31.2. The van der Waals surface area contributed by atoms with E-state index in [2.05, 4.69) is 214 Å². The zero-order valence-electron chi connectivity index (χ0n) is 52.2. The van der Waals surface area contributed by atoms with E-state index in [-0.39, 0.29) is 32.7 Å². The lowest BCUT2D eigenvalue weighted by Crippen LogP contribution is -2.44. The molecule has 0 aromatic rings. The smallest absolute Gasteiger partial charge is 0.306 e. The van der Waals surface area contributed by atoms with Gasteiger partial charge in [0, 0.05) is 12.8 Å². The van der Waals surface area contributed by atoms with Crippen molar-refractivity contribution >= 4 is 17.9 Å². The van der Waals surface area contributed by atoms with Gasteiger partial charge < -0.3 is 33.3 Å². The van der Waals surface area contributed by atoms with Gasteiger partial charge in [0.05, 0.1) is 40.3 Å². The first kappa shape index (κ1) is 76.9. The number of unbranched alkanes of at least 4 members (excludes halogenated alkanes) is 5. The van der Waals surface area contributed by atoms with Crippen LogP contribution in [0, 0.1) is 0 Å². The molecule has 0 amide bonds. The molecule has 0 aliphatic rings. The highest BCUT2D eigenvalue weighted by Gasteiger charge is 2.21. The molecule has 0 radical (unpaired) electrons. The molecule has 0 fully saturated rings. The van der Waals surface area contributed by atoms with Gasteiger partial charge in [-0.3, -0.25) is 9.59 Å². The summed E-state index contributed by atoms with van der Waals surface area (Å²) in [4.78, 5) is 37.4. The largest absolute Gasteiger partial charge is 0.545 e. The van der Waals surface area contributed by atoms with E-state index in [0.29, 0.717) is 30.3 Å². The van der Waals surface area contributed by atoms with Crippen LogP contribution in [0.5, 0.6) is 0 Å². The van der Waals surface area contributed by atoms with E-state index >= 15 is 0 Å². The van der Waals surface area contributed by atoms with Gasteiger partial charge >= 0.3 is 11.9 Å². The van der Waals surface area contributed by atoms with Crippen LogP contribution in [0.3, 0.4) is 0 Å². The number of carbonyl (C=O) groups excluding carboxylic acids is 3. The van der Waals surface area contributed by atoms with Crippen molar-refractivity contribution in [2.75, 3.05) is 47.5 Å². The molecule has 2 atom stereocenters. The molecule has 9 nitrogen and oxygen atoms in total. The van der Waals surface area contributed by atoms with Gasteiger partial charge in [-0.25, -0.2) is 0 Å². The maximum Gasteiger partial charge on any atom is 0.306 e. The van der Waals surface area contributed by atoms with E-state index in [4.69, 9.17) is 18.9 Å². The molecule has 0 heterocycles. The molecule has 0 aliphatic carbocycles. The van der Waals surface area contributed by atoms with Crippen LogP contribution in [0.25, 0.3) is 0 Å². The lowest BCUT2D eigenvalue weighted by atomic mass is 10.1. The number of nitrogens with zero attached hydrogens (tertiary/aromatic N) is 1. The van der Waals surface area contributed by atoms with Gasteiger partial charge in [0.1, 0.15) is 13.2 Å². The lowest BCUT2D eigenvalue weighted by molar-refractivity contribution is -0.870. The second-order valence-corrected chi connectivity index (χ2v) is 20.9. The lowest BCUT2D eigenvalue weighted by Gasteiger charge is -2.26. The Labute approximate surface area is 505 Å². The zero-order chi connectivity index (χ0) is 60.5. The van der Waals surface area contributed by atoms with E-state index < -0.39 is 30.3 Å². The topological polar surface area (TPSA) is 111 Å². The number of carboxylic acids is 1. The molecule has 9 heteroatoms. The summed E-state index contributed by atoms with van der Waals surface area (Å²) in [5.41, 5.74) is 0. The Balaban J connectivity index is 4.45. The minimum atomic E-state index is -1.66. The fourth-order valence-corrected chi connectivity index (χ4v) is 7.32. The molecule has 0 N–H and O–H groups in total. The van der Waals surface area contributed by atoms with Crippen LogP contribution in [0.2, 0.25) is 0 Å². The second kappa shape index (κ2) is 61.9. The number of ether oxygens (including phenoxy) is 4. The summed E-state index contributed by atoms with van der Waals surface area (Å²) >= 11 is 0. The number of carboxylic acid groups (broad SMARTS) is 1. The second-order valence-electron chi connectivity index (χ2n) is 20.9. The predicted octanol–water partition coefficient (Wildman–Crippen LogP) is 17.9. The SMILES string of the molecule is CC/C=C\C/C=C\C/C=C\C/C=C\C/C=C\C/C=C\C/C=C\C/C=C\C/C=C\CCCC(=O)OC(COC(=O)CCCCCC/C=C\C/C=C\C/C=C\C/C=C\C/C=C\C/C=C\C/C=C\C/C=C\CC)COC(OCC[N+](C)(C)C)C(=O)[O-]. The molecule has 0 saturated carbocycles. The molecule has 0 saturated heterocycles. The average Bonchev–Trinajstić information content (AvgIpc) is 3.46. The number of hydrogen-bond donors (Lipinski definition) is 0. The highest BCUT2D eigenvalue weighted by atomic mass is 16.7. The minimum absolute atomic E-state index is 0.119. The van der Waals surface area contributed by atoms with E-state index in [1.165, 1.54) is 0 Å². The number of esters is 2. The van der Waals surface area contributed by atoms with Gasteiger partial charge in [-0.15, -0.1) is 0 Å². The maximum atomic E-state index is 12.9. The van der Waals surface area contributed by atoms with Crippen molar-refractivity contribution in [3.8, 4) is 0 Å². The van der Waals surface area contributed by atoms with Gasteiger partial charge in [0.25, 0.3) is 0 Å². The molecule has 0 bridgehead atoms. The zero-order valence-corrected chi connectivity index (χ0v) is 52.2. The third kappa shape index (κ3) is 63.3. The van der Waals surface area contributed by atoms with Crippen LogP contribution in [-0.2, 0) is 33.3 Å². The molecule has 460 valence electrons. The Bertz CT molecular complexity index is 2110. The monoisotopic (exact) mass is 1140 g/mol. The average molecular weight is 1140 g/mol. The summed E-state index contributed by atoms with van der Waals surface area (Å²) in [5.74, 6) is -2.43. The normalized spacial score (nSPS) is 14.2. The van der Waals surface area contributed by atoms with Gasteiger partial charge in [-0.05, 0) is 141 Å². The Morgan fingerprint density at radius 1 is 0.361 bits per heavy atom. The fourth-order valence-electron chi connectivity index (χ4n) is 7.32. The Kier molecular flexibility index (Phi) is 57.4. The van der Waals surface area contributed by atoms with Crippen LogP contribution in [-0.4, -0.2) is 82.3 Å². The highest BCUT2D eigenvalue weighted by Crippen LogP contribution is 2.11. The quantitative estimate of drug-likeness (QED) is 0.0195. The summed E-state index contributed by atoms with van der Waals surface area (Å²) in [6.07, 6.45) is 94.6. The van der Waals surface area contributed by atoms with Crippen LogP contribution in [0.15, 0.2) is 207 Å². The molecule has 0 aromatic heterocycles. The number of aliphatic carboxylic acids is 1. The van der Waals surface area contributed by atoms with Crippen LogP contribution in [0.1, 0.15) is 181 Å². The van der Waals surface area contributed by atoms with Gasteiger partial charge in [-0.1, -0.05) is 233 Å². The third-order valence-electron chi connectivity index (χ3n) is 12.0. The molecule has 0 rings (SSSR count). The summed E-state index contributed by atoms with van der Waals surface area (Å²) in [6, 6.07) is 0. The van der Waals surface area contributed by atoms with Crippen molar-refractivity contribution in [3.05, 3.63) is 207 Å².